The third kappa shape index (κ3) is 2.75. The zero-order valence-corrected chi connectivity index (χ0v) is 11.8. The number of hydrogen-bond acceptors (Lipinski definition) is 3. The summed E-state index contributed by atoms with van der Waals surface area (Å²) in [5, 5.41) is 4.15. The summed E-state index contributed by atoms with van der Waals surface area (Å²) < 4.78 is 0. The number of thiophene rings is 1. The monoisotopic (exact) mass is 266 g/mol. The van der Waals surface area contributed by atoms with Crippen molar-refractivity contribution >= 4 is 17.2 Å². The largest absolute Gasteiger partial charge is 0.341 e. The third-order valence-corrected chi connectivity index (χ3v) is 4.73. The van der Waals surface area contributed by atoms with E-state index in [1.165, 1.54) is 12.0 Å². The Kier molecular flexibility index (Phi) is 4.40. The van der Waals surface area contributed by atoms with Gasteiger partial charge in [0.2, 0.25) is 5.91 Å². The molecule has 2 rings (SSSR count). The third-order valence-electron chi connectivity index (χ3n) is 4.00. The smallest absolute Gasteiger partial charge is 0.230 e. The van der Waals surface area contributed by atoms with Gasteiger partial charge in [-0.1, -0.05) is 19.3 Å². The summed E-state index contributed by atoms with van der Waals surface area (Å²) in [6.07, 6.45) is 5.42. The SMILES string of the molecule is CN(Cc1ccsc1)C(=O)C1(CN)CCCCC1. The minimum atomic E-state index is -0.289. The molecule has 1 heterocycles. The molecule has 4 heteroatoms. The van der Waals surface area contributed by atoms with Crippen molar-refractivity contribution in [3.8, 4) is 0 Å². The van der Waals surface area contributed by atoms with Crippen molar-refractivity contribution in [2.75, 3.05) is 13.6 Å². The molecule has 1 saturated carbocycles. The van der Waals surface area contributed by atoms with E-state index in [1.54, 1.807) is 11.3 Å². The van der Waals surface area contributed by atoms with E-state index < -0.39 is 0 Å². The Morgan fingerprint density at radius 2 is 2.17 bits per heavy atom. The Morgan fingerprint density at radius 1 is 1.44 bits per heavy atom. The summed E-state index contributed by atoms with van der Waals surface area (Å²) in [5.41, 5.74) is 6.82. The van der Waals surface area contributed by atoms with Crippen molar-refractivity contribution in [3.63, 3.8) is 0 Å². The van der Waals surface area contributed by atoms with E-state index in [-0.39, 0.29) is 11.3 Å². The number of carbonyl (C=O) groups excluding carboxylic acids is 1. The molecular weight excluding hydrogens is 244 g/mol. The number of nitrogens with two attached hydrogens (primary N) is 1. The lowest BCUT2D eigenvalue weighted by molar-refractivity contribution is -0.142. The predicted octanol–water partition coefficient (Wildman–Crippen LogP) is 2.62. The van der Waals surface area contributed by atoms with E-state index in [1.807, 2.05) is 17.3 Å². The van der Waals surface area contributed by atoms with E-state index in [4.69, 9.17) is 5.73 Å². The van der Waals surface area contributed by atoms with Gasteiger partial charge in [0.05, 0.1) is 5.41 Å². The second-order valence-corrected chi connectivity index (χ2v) is 6.12. The molecule has 0 bridgehead atoms. The van der Waals surface area contributed by atoms with Crippen molar-refractivity contribution < 1.29 is 4.79 Å². The highest BCUT2D eigenvalue weighted by Gasteiger charge is 2.39. The summed E-state index contributed by atoms with van der Waals surface area (Å²) in [7, 11) is 1.89. The molecule has 0 atom stereocenters. The van der Waals surface area contributed by atoms with Crippen LogP contribution in [-0.4, -0.2) is 24.4 Å². The Bertz CT molecular complexity index is 383. The molecule has 0 aromatic carbocycles. The summed E-state index contributed by atoms with van der Waals surface area (Å²) in [5.74, 6) is 0.232. The van der Waals surface area contributed by atoms with E-state index in [2.05, 4.69) is 11.4 Å². The molecule has 1 aromatic rings. The number of nitrogens with zero attached hydrogens (tertiary/aromatic N) is 1. The summed E-state index contributed by atoms with van der Waals surface area (Å²) in [6.45, 7) is 1.18. The van der Waals surface area contributed by atoms with Gasteiger partial charge in [0.15, 0.2) is 0 Å². The molecular formula is C14H22N2OS. The van der Waals surface area contributed by atoms with Gasteiger partial charge in [0, 0.05) is 20.1 Å². The average Bonchev–Trinajstić information content (AvgIpc) is 2.91. The van der Waals surface area contributed by atoms with Crippen molar-refractivity contribution in [1.82, 2.24) is 4.90 Å². The molecule has 0 unspecified atom stereocenters. The van der Waals surface area contributed by atoms with Crippen molar-refractivity contribution in [2.24, 2.45) is 11.1 Å². The molecule has 0 spiro atoms. The fraction of sp³-hybridized carbons (Fsp3) is 0.643. The maximum Gasteiger partial charge on any atom is 0.230 e. The highest BCUT2D eigenvalue weighted by Crippen LogP contribution is 2.37. The Morgan fingerprint density at radius 3 is 2.72 bits per heavy atom. The standard InChI is InChI=1S/C14H22N2OS/c1-16(9-12-5-8-18-10-12)13(17)14(11-15)6-3-2-4-7-14/h5,8,10H,2-4,6-7,9,11,15H2,1H3. The molecule has 1 aliphatic rings. The van der Waals surface area contributed by atoms with Crippen LogP contribution in [0.3, 0.4) is 0 Å². The highest BCUT2D eigenvalue weighted by molar-refractivity contribution is 7.07. The summed E-state index contributed by atoms with van der Waals surface area (Å²) >= 11 is 1.67. The molecule has 1 fully saturated rings. The van der Waals surface area contributed by atoms with Crippen LogP contribution in [0.25, 0.3) is 0 Å². The zero-order chi connectivity index (χ0) is 13.0. The van der Waals surface area contributed by atoms with Crippen molar-refractivity contribution in [2.45, 2.75) is 38.6 Å². The lowest BCUT2D eigenvalue weighted by atomic mass is 9.73. The number of hydrogen-bond donors (Lipinski definition) is 1. The van der Waals surface area contributed by atoms with Crippen LogP contribution in [0.1, 0.15) is 37.7 Å². The van der Waals surface area contributed by atoms with Gasteiger partial charge in [-0.3, -0.25) is 4.79 Å². The first-order chi connectivity index (χ1) is 8.68. The first kappa shape index (κ1) is 13.6. The van der Waals surface area contributed by atoms with Gasteiger partial charge in [0.1, 0.15) is 0 Å². The highest BCUT2D eigenvalue weighted by atomic mass is 32.1. The first-order valence-corrected chi connectivity index (χ1v) is 7.59. The maximum atomic E-state index is 12.6. The number of amides is 1. The Labute approximate surface area is 113 Å². The van der Waals surface area contributed by atoms with Crippen LogP contribution < -0.4 is 5.73 Å². The Balaban J connectivity index is 2.04. The topological polar surface area (TPSA) is 46.3 Å². The van der Waals surface area contributed by atoms with Crippen LogP contribution in [-0.2, 0) is 11.3 Å². The number of carbonyl (C=O) groups is 1. The van der Waals surface area contributed by atoms with Crippen LogP contribution in [0.4, 0.5) is 0 Å². The van der Waals surface area contributed by atoms with Crippen molar-refractivity contribution in [3.05, 3.63) is 22.4 Å². The molecule has 100 valence electrons. The molecule has 1 aliphatic carbocycles. The molecule has 0 radical (unpaired) electrons. The molecule has 18 heavy (non-hydrogen) atoms. The minimum absolute atomic E-state index is 0.232. The van der Waals surface area contributed by atoms with Gasteiger partial charge in [-0.2, -0.15) is 11.3 Å². The number of rotatable bonds is 4. The molecule has 1 amide bonds. The normalized spacial score (nSPS) is 18.6. The zero-order valence-electron chi connectivity index (χ0n) is 11.0. The van der Waals surface area contributed by atoms with Gasteiger partial charge in [-0.25, -0.2) is 0 Å². The average molecular weight is 266 g/mol. The van der Waals surface area contributed by atoms with E-state index in [9.17, 15) is 4.79 Å². The molecule has 1 aromatic heterocycles. The lowest BCUT2D eigenvalue weighted by Crippen LogP contribution is -2.47. The van der Waals surface area contributed by atoms with Crippen LogP contribution in [0, 0.1) is 5.41 Å². The molecule has 3 nitrogen and oxygen atoms in total. The van der Waals surface area contributed by atoms with Crippen LogP contribution in [0.5, 0.6) is 0 Å². The summed E-state index contributed by atoms with van der Waals surface area (Å²) in [4.78, 5) is 14.5. The lowest BCUT2D eigenvalue weighted by Gasteiger charge is -2.37. The van der Waals surface area contributed by atoms with Crippen LogP contribution >= 0.6 is 11.3 Å². The van der Waals surface area contributed by atoms with Crippen molar-refractivity contribution in [1.29, 1.82) is 0 Å². The summed E-state index contributed by atoms with van der Waals surface area (Å²) in [6, 6.07) is 2.07. The van der Waals surface area contributed by atoms with Crippen LogP contribution in [0.2, 0.25) is 0 Å². The molecule has 2 N–H and O–H groups in total. The van der Waals surface area contributed by atoms with Gasteiger partial charge < -0.3 is 10.6 Å². The second kappa shape index (κ2) is 5.85. The molecule has 0 aliphatic heterocycles. The van der Waals surface area contributed by atoms with Crippen LogP contribution in [0.15, 0.2) is 16.8 Å². The Hall–Kier alpha value is -0.870. The second-order valence-electron chi connectivity index (χ2n) is 5.34. The van der Waals surface area contributed by atoms with Gasteiger partial charge >= 0.3 is 0 Å². The minimum Gasteiger partial charge on any atom is -0.341 e. The van der Waals surface area contributed by atoms with Gasteiger partial charge in [0.25, 0.3) is 0 Å². The fourth-order valence-electron chi connectivity index (χ4n) is 2.87. The van der Waals surface area contributed by atoms with E-state index in [0.29, 0.717) is 13.1 Å². The molecule has 0 saturated heterocycles. The van der Waals surface area contributed by atoms with E-state index >= 15 is 0 Å². The fourth-order valence-corrected chi connectivity index (χ4v) is 3.53. The van der Waals surface area contributed by atoms with Gasteiger partial charge in [-0.05, 0) is 35.2 Å². The van der Waals surface area contributed by atoms with E-state index in [0.717, 1.165) is 25.7 Å². The van der Waals surface area contributed by atoms with Gasteiger partial charge in [-0.15, -0.1) is 0 Å². The quantitative estimate of drug-likeness (QED) is 0.910. The maximum absolute atomic E-state index is 12.6. The predicted molar refractivity (Wildman–Crippen MR) is 75.4 cm³/mol. The first-order valence-electron chi connectivity index (χ1n) is 6.65.